The lowest BCUT2D eigenvalue weighted by Crippen LogP contribution is -2.34. The molecule has 168 valence electrons. The maximum Gasteiger partial charge on any atom is 0.321 e. The van der Waals surface area contributed by atoms with Crippen molar-refractivity contribution < 1.29 is 24.9 Å². The number of aliphatic hydroxyl groups is 1. The molecule has 0 unspecified atom stereocenters. The lowest BCUT2D eigenvalue weighted by atomic mass is 10.1. The van der Waals surface area contributed by atoms with E-state index in [1.807, 2.05) is 24.3 Å². The lowest BCUT2D eigenvalue weighted by molar-refractivity contribution is -0.138. The average Bonchev–Trinajstić information content (AvgIpc) is 2.70. The van der Waals surface area contributed by atoms with Crippen molar-refractivity contribution in [2.45, 2.75) is 62.8 Å². The number of allylic oxidation sites excluding steroid dienone is 9. The number of hydrogen-bond acceptors (Lipinski definition) is 5. The van der Waals surface area contributed by atoms with E-state index < -0.39 is 24.1 Å². The van der Waals surface area contributed by atoms with Gasteiger partial charge in [0, 0.05) is 17.4 Å². The number of thioether (sulfide) groups is 1. The van der Waals surface area contributed by atoms with Gasteiger partial charge in [0.25, 0.3) is 0 Å². The van der Waals surface area contributed by atoms with Crippen molar-refractivity contribution in [2.75, 3.05) is 5.75 Å². The first-order valence-electron chi connectivity index (χ1n) is 10.2. The number of aliphatic hydroxyl groups excluding tert-OH is 1. The number of rotatable bonds is 17. The topological polar surface area (TPSA) is 121 Å². The molecule has 5 N–H and O–H groups in total. The smallest absolute Gasteiger partial charge is 0.321 e. The lowest BCUT2D eigenvalue weighted by Gasteiger charge is -2.20. The number of carbonyl (C=O) groups is 2. The van der Waals surface area contributed by atoms with Gasteiger partial charge in [-0.15, -0.1) is 11.8 Å². The Morgan fingerprint density at radius 3 is 2.23 bits per heavy atom. The Balaban J connectivity index is 4.56. The summed E-state index contributed by atoms with van der Waals surface area (Å²) in [6, 6.07) is -1.01. The number of carboxylic acids is 2. The molecular weight excluding hydrogens is 402 g/mol. The molecule has 0 spiro atoms. The van der Waals surface area contributed by atoms with Crippen molar-refractivity contribution in [3.8, 4) is 0 Å². The Morgan fingerprint density at radius 2 is 1.60 bits per heavy atom. The van der Waals surface area contributed by atoms with Gasteiger partial charge in [-0.25, -0.2) is 0 Å². The summed E-state index contributed by atoms with van der Waals surface area (Å²) in [5.41, 5.74) is 5.54. The van der Waals surface area contributed by atoms with Crippen LogP contribution < -0.4 is 5.73 Å². The predicted molar refractivity (Wildman–Crippen MR) is 125 cm³/mol. The van der Waals surface area contributed by atoms with Gasteiger partial charge in [0.15, 0.2) is 0 Å². The molecule has 0 aromatic carbocycles. The first-order valence-corrected chi connectivity index (χ1v) is 11.2. The standard InChI is InChI=1S/C23H35NO5S/c1-2-3-4-5-6-7-8-9-10-11-12-13-16-21(30-18-19(24)23(28)29)20(25)15-14-17-22(26)27/h3-4,6-7,9-13,16,19-21,25H,2,5,8,14-15,17-18,24H2,1H3,(H,26,27)(H,28,29)/b4-3+,7-6+,10-9+,12-11+,16-13+/t19-,20-,21+/m0/s1. The summed E-state index contributed by atoms with van der Waals surface area (Å²) in [7, 11) is 0. The van der Waals surface area contributed by atoms with Crippen LogP contribution in [-0.4, -0.2) is 50.4 Å². The van der Waals surface area contributed by atoms with E-state index >= 15 is 0 Å². The molecule has 7 heteroatoms. The number of nitrogens with two attached hydrogens (primary N) is 1. The summed E-state index contributed by atoms with van der Waals surface area (Å²) in [4.78, 5) is 21.5. The zero-order valence-corrected chi connectivity index (χ0v) is 18.4. The molecule has 0 aliphatic carbocycles. The first kappa shape index (κ1) is 27.9. The van der Waals surface area contributed by atoms with Crippen molar-refractivity contribution >= 4 is 23.7 Å². The molecule has 0 bridgehead atoms. The second-order valence-corrected chi connectivity index (χ2v) is 7.83. The van der Waals surface area contributed by atoms with Gasteiger partial charge >= 0.3 is 11.9 Å². The second-order valence-electron chi connectivity index (χ2n) is 6.62. The molecule has 0 aliphatic heterocycles. The summed E-state index contributed by atoms with van der Waals surface area (Å²) in [6.45, 7) is 2.11. The normalized spacial score (nSPS) is 15.7. The summed E-state index contributed by atoms with van der Waals surface area (Å²) in [5, 5.41) is 27.6. The molecule has 0 fully saturated rings. The van der Waals surface area contributed by atoms with Crippen molar-refractivity contribution in [3.63, 3.8) is 0 Å². The van der Waals surface area contributed by atoms with E-state index in [-0.39, 0.29) is 17.4 Å². The van der Waals surface area contributed by atoms with Crippen LogP contribution in [0.2, 0.25) is 0 Å². The maximum atomic E-state index is 10.9. The van der Waals surface area contributed by atoms with Gasteiger partial charge < -0.3 is 21.1 Å². The van der Waals surface area contributed by atoms with Gasteiger partial charge in [-0.05, 0) is 32.1 Å². The van der Waals surface area contributed by atoms with Gasteiger partial charge in [0.05, 0.1) is 6.10 Å². The SMILES string of the molecule is CC/C=C/C/C=C/C/C=C/C=C/C=C/[C@@H](SC[C@H](N)C(=O)O)[C@@H](O)CCCC(=O)O. The van der Waals surface area contributed by atoms with E-state index in [2.05, 4.69) is 31.2 Å². The van der Waals surface area contributed by atoms with Crippen LogP contribution in [0.3, 0.4) is 0 Å². The third kappa shape index (κ3) is 16.8. The van der Waals surface area contributed by atoms with E-state index in [4.69, 9.17) is 15.9 Å². The largest absolute Gasteiger partial charge is 0.481 e. The van der Waals surface area contributed by atoms with Crippen molar-refractivity contribution in [1.29, 1.82) is 0 Å². The highest BCUT2D eigenvalue weighted by molar-refractivity contribution is 8.00. The summed E-state index contributed by atoms with van der Waals surface area (Å²) >= 11 is 1.25. The zero-order valence-electron chi connectivity index (χ0n) is 17.6. The van der Waals surface area contributed by atoms with Crippen LogP contribution >= 0.6 is 11.8 Å². The van der Waals surface area contributed by atoms with Crippen LogP contribution in [0, 0.1) is 0 Å². The number of carboxylic acid groups (broad SMARTS) is 2. The van der Waals surface area contributed by atoms with Gasteiger partial charge in [0.1, 0.15) is 6.04 Å². The Hall–Kier alpha value is -2.09. The first-order chi connectivity index (χ1) is 14.4. The van der Waals surface area contributed by atoms with Crippen LogP contribution in [-0.2, 0) is 9.59 Å². The second kappa shape index (κ2) is 18.9. The zero-order chi connectivity index (χ0) is 22.6. The fourth-order valence-corrected chi connectivity index (χ4v) is 3.41. The fourth-order valence-electron chi connectivity index (χ4n) is 2.28. The van der Waals surface area contributed by atoms with Crippen LogP contribution in [0.15, 0.2) is 60.8 Å². The molecule has 3 atom stereocenters. The summed E-state index contributed by atoms with van der Waals surface area (Å²) < 4.78 is 0. The molecule has 0 saturated heterocycles. The Kier molecular flexibility index (Phi) is 17.6. The van der Waals surface area contributed by atoms with Crippen LogP contribution in [0.5, 0.6) is 0 Å². The summed E-state index contributed by atoms with van der Waals surface area (Å²) in [5.74, 6) is -1.84. The highest BCUT2D eigenvalue weighted by Crippen LogP contribution is 2.21. The molecule has 0 aromatic heterocycles. The van der Waals surface area contributed by atoms with Gasteiger partial charge in [-0.2, -0.15) is 0 Å². The van der Waals surface area contributed by atoms with Crippen LogP contribution in [0.4, 0.5) is 0 Å². The Morgan fingerprint density at radius 1 is 0.967 bits per heavy atom. The quantitative estimate of drug-likeness (QED) is 0.200. The minimum atomic E-state index is -1.09. The van der Waals surface area contributed by atoms with E-state index in [1.165, 1.54) is 11.8 Å². The predicted octanol–water partition coefficient (Wildman–Crippen LogP) is 4.09. The monoisotopic (exact) mass is 437 g/mol. The molecule has 0 heterocycles. The third-order valence-corrected chi connectivity index (χ3v) is 5.35. The molecule has 0 radical (unpaired) electrons. The maximum absolute atomic E-state index is 10.9. The van der Waals surface area contributed by atoms with Crippen molar-refractivity contribution in [3.05, 3.63) is 60.8 Å². The number of hydrogen-bond donors (Lipinski definition) is 4. The minimum absolute atomic E-state index is 0.0131. The van der Waals surface area contributed by atoms with Gasteiger partial charge in [0.2, 0.25) is 0 Å². The van der Waals surface area contributed by atoms with Gasteiger partial charge in [-0.1, -0.05) is 67.7 Å². The molecule has 0 amide bonds. The molecule has 0 rings (SSSR count). The molecule has 0 saturated carbocycles. The molecule has 6 nitrogen and oxygen atoms in total. The highest BCUT2D eigenvalue weighted by atomic mass is 32.2. The van der Waals surface area contributed by atoms with Crippen molar-refractivity contribution in [1.82, 2.24) is 0 Å². The average molecular weight is 438 g/mol. The Bertz CT molecular complexity index is 625. The van der Waals surface area contributed by atoms with Crippen molar-refractivity contribution in [2.24, 2.45) is 5.73 Å². The molecule has 0 aliphatic rings. The van der Waals surface area contributed by atoms with E-state index in [9.17, 15) is 14.7 Å². The van der Waals surface area contributed by atoms with Crippen LogP contribution in [0.25, 0.3) is 0 Å². The number of aliphatic carboxylic acids is 2. The Labute approximate surface area is 183 Å². The fraction of sp³-hybridized carbons (Fsp3) is 0.478. The minimum Gasteiger partial charge on any atom is -0.481 e. The molecule has 0 aromatic rings. The highest BCUT2D eigenvalue weighted by Gasteiger charge is 2.20. The van der Waals surface area contributed by atoms with E-state index in [0.717, 1.165) is 19.3 Å². The van der Waals surface area contributed by atoms with Crippen LogP contribution in [0.1, 0.15) is 45.4 Å². The van der Waals surface area contributed by atoms with E-state index in [0.29, 0.717) is 12.8 Å². The molecular formula is C23H35NO5S. The summed E-state index contributed by atoms with van der Waals surface area (Å²) in [6.07, 6.45) is 22.5. The van der Waals surface area contributed by atoms with E-state index in [1.54, 1.807) is 12.2 Å². The molecule has 30 heavy (non-hydrogen) atoms. The third-order valence-electron chi connectivity index (χ3n) is 3.94. The van der Waals surface area contributed by atoms with Gasteiger partial charge in [-0.3, -0.25) is 9.59 Å².